The number of nitrogens with zero attached hydrogens (tertiary/aromatic N) is 3. The maximum Gasteiger partial charge on any atom is 0.306 e. The van der Waals surface area contributed by atoms with Gasteiger partial charge >= 0.3 is 5.97 Å². The number of aryl methyl sites for hydroxylation is 4. The van der Waals surface area contributed by atoms with Crippen LogP contribution in [-0.4, -0.2) is 59.1 Å². The molecule has 1 unspecified atom stereocenters. The van der Waals surface area contributed by atoms with Gasteiger partial charge in [0, 0.05) is 42.5 Å². The third-order valence-electron chi connectivity index (χ3n) is 7.88. The third kappa shape index (κ3) is 6.21. The van der Waals surface area contributed by atoms with E-state index in [1.807, 2.05) is 6.92 Å². The van der Waals surface area contributed by atoms with Gasteiger partial charge in [0.15, 0.2) is 0 Å². The number of pyridine rings is 1. The van der Waals surface area contributed by atoms with Crippen LogP contribution < -0.4 is 5.32 Å². The zero-order chi connectivity index (χ0) is 25.8. The fourth-order valence-corrected chi connectivity index (χ4v) is 5.89. The third-order valence-corrected chi connectivity index (χ3v) is 7.88. The average Bonchev–Trinajstić information content (AvgIpc) is 3.51. The fraction of sp³-hybridized carbons (Fsp3) is 0.500. The summed E-state index contributed by atoms with van der Waals surface area (Å²) in [7, 11) is 1.47. The van der Waals surface area contributed by atoms with Gasteiger partial charge < -0.3 is 19.9 Å². The molecule has 1 aromatic carbocycles. The summed E-state index contributed by atoms with van der Waals surface area (Å²) in [6.45, 7) is 8.04. The topological polar surface area (TPSA) is 83.1 Å². The standard InChI is InChI=1S/C30H39N5O2/c1-20-29(33-21(2)32-20)25-7-4-6-24(16-25)26(17-28(36)37-3)19-35-15-13-22(18-35)9-11-27-12-10-23-8-5-14-31-30(23)34-27/h4,6-7,10,12,16,22,26H,5,8-9,11,13-15,17-19H2,1-3H3,(H,31,34)(H,32,33)/t22-,26?/m1/s1. The largest absolute Gasteiger partial charge is 0.469 e. The Morgan fingerprint density at radius 2 is 2.11 bits per heavy atom. The Morgan fingerprint density at radius 1 is 1.22 bits per heavy atom. The summed E-state index contributed by atoms with van der Waals surface area (Å²) in [5.41, 5.74) is 6.82. The van der Waals surface area contributed by atoms with Crippen molar-refractivity contribution in [2.24, 2.45) is 5.92 Å². The number of aromatic nitrogens is 3. The lowest BCUT2D eigenvalue weighted by Crippen LogP contribution is -2.28. The van der Waals surface area contributed by atoms with E-state index in [0.717, 1.165) is 79.6 Å². The molecule has 2 aromatic heterocycles. The first kappa shape index (κ1) is 25.5. The Kier molecular flexibility index (Phi) is 7.89. The van der Waals surface area contributed by atoms with Crippen molar-refractivity contribution in [3.05, 3.63) is 64.7 Å². The number of hydrogen-bond donors (Lipinski definition) is 2. The summed E-state index contributed by atoms with van der Waals surface area (Å²) in [5, 5.41) is 3.45. The number of benzene rings is 1. The maximum atomic E-state index is 12.3. The average molecular weight is 502 g/mol. The zero-order valence-electron chi connectivity index (χ0n) is 22.3. The van der Waals surface area contributed by atoms with Crippen LogP contribution >= 0.6 is 0 Å². The lowest BCUT2D eigenvalue weighted by Gasteiger charge is -2.24. The minimum absolute atomic E-state index is 0.0832. The van der Waals surface area contributed by atoms with Crippen LogP contribution in [0.3, 0.4) is 0 Å². The van der Waals surface area contributed by atoms with Crippen LogP contribution in [0, 0.1) is 19.8 Å². The predicted octanol–water partition coefficient (Wildman–Crippen LogP) is 5.05. The Balaban J connectivity index is 1.23. The van der Waals surface area contributed by atoms with Crippen molar-refractivity contribution in [2.75, 3.05) is 38.6 Å². The first-order valence-electron chi connectivity index (χ1n) is 13.6. The monoisotopic (exact) mass is 501 g/mol. The van der Waals surface area contributed by atoms with Gasteiger partial charge in [0.25, 0.3) is 0 Å². The highest BCUT2D eigenvalue weighted by atomic mass is 16.5. The molecule has 0 bridgehead atoms. The Hall–Kier alpha value is -3.19. The van der Waals surface area contributed by atoms with E-state index < -0.39 is 0 Å². The van der Waals surface area contributed by atoms with Crippen molar-refractivity contribution >= 4 is 11.8 Å². The molecule has 2 atom stereocenters. The molecule has 196 valence electrons. The minimum Gasteiger partial charge on any atom is -0.469 e. The van der Waals surface area contributed by atoms with Crippen LogP contribution in [0.4, 0.5) is 5.82 Å². The molecule has 2 aliphatic rings. The molecule has 7 heteroatoms. The minimum atomic E-state index is -0.162. The molecule has 2 N–H and O–H groups in total. The second kappa shape index (κ2) is 11.5. The Labute approximate surface area is 220 Å². The summed E-state index contributed by atoms with van der Waals surface area (Å²) >= 11 is 0. The molecule has 0 spiro atoms. The molecule has 0 saturated carbocycles. The molecule has 7 nitrogen and oxygen atoms in total. The lowest BCUT2D eigenvalue weighted by atomic mass is 9.92. The smallest absolute Gasteiger partial charge is 0.306 e. The van der Waals surface area contributed by atoms with Gasteiger partial charge in [-0.1, -0.05) is 24.3 Å². The van der Waals surface area contributed by atoms with Crippen molar-refractivity contribution in [1.29, 1.82) is 0 Å². The van der Waals surface area contributed by atoms with E-state index in [-0.39, 0.29) is 11.9 Å². The highest BCUT2D eigenvalue weighted by Gasteiger charge is 2.27. The summed E-state index contributed by atoms with van der Waals surface area (Å²) in [5.74, 6) is 2.58. The van der Waals surface area contributed by atoms with Crippen LogP contribution in [0.25, 0.3) is 11.3 Å². The summed E-state index contributed by atoms with van der Waals surface area (Å²) in [6, 6.07) is 13.0. The van der Waals surface area contributed by atoms with Gasteiger partial charge in [0.2, 0.25) is 0 Å². The first-order chi connectivity index (χ1) is 18.0. The molecule has 4 heterocycles. The number of fused-ring (bicyclic) bond motifs is 1. The molecular weight excluding hydrogens is 462 g/mol. The van der Waals surface area contributed by atoms with Gasteiger partial charge in [0.1, 0.15) is 11.6 Å². The number of ether oxygens (including phenoxy) is 1. The highest BCUT2D eigenvalue weighted by molar-refractivity contribution is 5.71. The van der Waals surface area contributed by atoms with Gasteiger partial charge in [-0.25, -0.2) is 9.97 Å². The van der Waals surface area contributed by atoms with Crippen LogP contribution in [-0.2, 0) is 22.4 Å². The molecule has 0 amide bonds. The van der Waals surface area contributed by atoms with Crippen molar-refractivity contribution in [2.45, 2.75) is 58.3 Å². The number of anilines is 1. The van der Waals surface area contributed by atoms with Gasteiger partial charge in [-0.05, 0) is 81.7 Å². The summed E-state index contributed by atoms with van der Waals surface area (Å²) in [6.07, 6.45) is 6.06. The molecule has 1 fully saturated rings. The number of rotatable bonds is 9. The predicted molar refractivity (Wildman–Crippen MR) is 147 cm³/mol. The molecular formula is C30H39N5O2. The number of aromatic amines is 1. The van der Waals surface area contributed by atoms with Gasteiger partial charge in [0.05, 0.1) is 19.2 Å². The van der Waals surface area contributed by atoms with E-state index in [2.05, 4.69) is 63.5 Å². The number of H-pyrrole nitrogens is 1. The first-order valence-corrected chi connectivity index (χ1v) is 13.6. The van der Waals surface area contributed by atoms with Gasteiger partial charge in [-0.15, -0.1) is 0 Å². The second-order valence-corrected chi connectivity index (χ2v) is 10.7. The van der Waals surface area contributed by atoms with Crippen LogP contribution in [0.15, 0.2) is 36.4 Å². The van der Waals surface area contributed by atoms with Crippen LogP contribution in [0.5, 0.6) is 0 Å². The summed E-state index contributed by atoms with van der Waals surface area (Å²) < 4.78 is 5.07. The lowest BCUT2D eigenvalue weighted by molar-refractivity contribution is -0.141. The number of methoxy groups -OCH3 is 1. The SMILES string of the molecule is COC(=O)CC(CN1CC[C@@H](CCc2ccc3c(n2)NCCC3)C1)c1cccc(-c2nc(C)[nH]c2C)c1. The number of nitrogens with one attached hydrogen (secondary N) is 2. The Bertz CT molecular complexity index is 1240. The van der Waals surface area contributed by atoms with Gasteiger partial charge in [-0.3, -0.25) is 4.79 Å². The molecule has 0 aliphatic carbocycles. The quantitative estimate of drug-likeness (QED) is 0.400. The molecule has 5 rings (SSSR count). The van der Waals surface area contributed by atoms with Gasteiger partial charge in [-0.2, -0.15) is 0 Å². The number of carbonyl (C=O) groups is 1. The molecule has 37 heavy (non-hydrogen) atoms. The molecule has 0 radical (unpaired) electrons. The van der Waals surface area contributed by atoms with E-state index in [0.29, 0.717) is 12.3 Å². The second-order valence-electron chi connectivity index (χ2n) is 10.7. The normalized spacial score (nSPS) is 18.3. The van der Waals surface area contributed by atoms with E-state index in [1.165, 1.54) is 31.2 Å². The number of esters is 1. The van der Waals surface area contributed by atoms with Crippen molar-refractivity contribution < 1.29 is 9.53 Å². The van der Waals surface area contributed by atoms with Crippen molar-refractivity contribution in [1.82, 2.24) is 19.9 Å². The van der Waals surface area contributed by atoms with Crippen LogP contribution in [0.2, 0.25) is 0 Å². The van der Waals surface area contributed by atoms with E-state index in [1.54, 1.807) is 0 Å². The highest BCUT2D eigenvalue weighted by Crippen LogP contribution is 2.30. The van der Waals surface area contributed by atoms with E-state index in [4.69, 9.17) is 9.72 Å². The number of likely N-dealkylation sites (tertiary alicyclic amines) is 1. The number of imidazole rings is 1. The molecule has 1 saturated heterocycles. The van der Waals surface area contributed by atoms with E-state index >= 15 is 0 Å². The number of hydrogen-bond acceptors (Lipinski definition) is 6. The molecule has 2 aliphatic heterocycles. The van der Waals surface area contributed by atoms with Crippen LogP contribution in [0.1, 0.15) is 59.9 Å². The summed E-state index contributed by atoms with van der Waals surface area (Å²) in [4.78, 5) is 27.7. The fourth-order valence-electron chi connectivity index (χ4n) is 5.89. The van der Waals surface area contributed by atoms with Crippen molar-refractivity contribution in [3.8, 4) is 11.3 Å². The zero-order valence-corrected chi connectivity index (χ0v) is 22.3. The maximum absolute atomic E-state index is 12.3. The van der Waals surface area contributed by atoms with E-state index in [9.17, 15) is 4.79 Å². The van der Waals surface area contributed by atoms with Crippen molar-refractivity contribution in [3.63, 3.8) is 0 Å². The number of carbonyl (C=O) groups excluding carboxylic acids is 1. The molecule has 3 aromatic rings. The Morgan fingerprint density at radius 3 is 2.92 bits per heavy atom.